The van der Waals surface area contributed by atoms with Gasteiger partial charge in [0, 0.05) is 19.0 Å². The van der Waals surface area contributed by atoms with Gasteiger partial charge in [0.25, 0.3) is 5.91 Å². The van der Waals surface area contributed by atoms with Crippen LogP contribution in [0.3, 0.4) is 0 Å². The summed E-state index contributed by atoms with van der Waals surface area (Å²) in [5.41, 5.74) is 0.533. The molecule has 0 aliphatic carbocycles. The third-order valence-corrected chi connectivity index (χ3v) is 5.14. The highest BCUT2D eigenvalue weighted by molar-refractivity contribution is 5.92. The smallest absolute Gasteiger partial charge is 0.272 e. The maximum absolute atomic E-state index is 12.6. The van der Waals surface area contributed by atoms with Crippen molar-refractivity contribution in [1.82, 2.24) is 24.7 Å². The number of likely N-dealkylation sites (tertiary alicyclic amines) is 2. The zero-order valence-corrected chi connectivity index (χ0v) is 14.2. The first kappa shape index (κ1) is 16.4. The van der Waals surface area contributed by atoms with Crippen LogP contribution < -0.4 is 0 Å². The minimum absolute atomic E-state index is 0.00442. The Labute approximate surface area is 137 Å². The zero-order valence-electron chi connectivity index (χ0n) is 14.2. The molecule has 0 spiro atoms. The number of piperidine rings is 1. The molecule has 0 saturated carbocycles. The summed E-state index contributed by atoms with van der Waals surface area (Å²) in [5.74, 6) is 1.26. The first-order valence-electron chi connectivity index (χ1n) is 8.33. The lowest BCUT2D eigenvalue weighted by atomic mass is 9.97. The van der Waals surface area contributed by atoms with E-state index >= 15 is 0 Å². The van der Waals surface area contributed by atoms with Gasteiger partial charge in [-0.25, -0.2) is 4.98 Å². The van der Waals surface area contributed by atoms with Gasteiger partial charge >= 0.3 is 0 Å². The van der Waals surface area contributed by atoms with Gasteiger partial charge in [-0.2, -0.15) is 0 Å². The molecule has 128 valence electrons. The van der Waals surface area contributed by atoms with Crippen LogP contribution in [-0.4, -0.2) is 95.1 Å². The number of imidazole rings is 1. The molecule has 2 aliphatic heterocycles. The Bertz CT molecular complexity index is 550. The highest BCUT2D eigenvalue weighted by atomic mass is 16.3. The van der Waals surface area contributed by atoms with E-state index in [-0.39, 0.29) is 11.9 Å². The maximum Gasteiger partial charge on any atom is 0.272 e. The number of β-amino-alcohol motifs (C(OH)–C–C–N with tert-alkyl or cyclic N) is 1. The molecule has 23 heavy (non-hydrogen) atoms. The average molecular weight is 321 g/mol. The number of nitrogens with one attached hydrogen (secondary N) is 1. The summed E-state index contributed by atoms with van der Waals surface area (Å²) in [5, 5.41) is 10.1. The molecule has 2 saturated heterocycles. The SMILES string of the molecule is CN1CCC(c2ncc(C(=O)N3C[C@H](O)[C@@H](N(C)C)C3)[nH]2)CC1. The third kappa shape index (κ3) is 3.41. The van der Waals surface area contributed by atoms with Crippen LogP contribution in [0, 0.1) is 0 Å². The monoisotopic (exact) mass is 321 g/mol. The molecule has 0 unspecified atom stereocenters. The van der Waals surface area contributed by atoms with Crippen LogP contribution in [0.2, 0.25) is 0 Å². The quantitative estimate of drug-likeness (QED) is 0.817. The summed E-state index contributed by atoms with van der Waals surface area (Å²) in [6, 6.07) is -0.00442. The molecule has 3 rings (SSSR count). The number of rotatable bonds is 3. The summed E-state index contributed by atoms with van der Waals surface area (Å²) in [7, 11) is 5.99. The van der Waals surface area contributed by atoms with E-state index in [2.05, 4.69) is 21.9 Å². The first-order chi connectivity index (χ1) is 11.0. The van der Waals surface area contributed by atoms with Gasteiger partial charge in [-0.3, -0.25) is 4.79 Å². The number of hydrogen-bond donors (Lipinski definition) is 2. The number of aliphatic hydroxyl groups excluding tert-OH is 1. The topological polar surface area (TPSA) is 75.7 Å². The van der Waals surface area contributed by atoms with Gasteiger partial charge in [-0.1, -0.05) is 0 Å². The van der Waals surface area contributed by atoms with Crippen molar-refractivity contribution in [1.29, 1.82) is 0 Å². The van der Waals surface area contributed by atoms with Crippen molar-refractivity contribution in [2.24, 2.45) is 0 Å². The summed E-state index contributed by atoms with van der Waals surface area (Å²) in [6.45, 7) is 3.06. The lowest BCUT2D eigenvalue weighted by Gasteiger charge is -2.27. The first-order valence-corrected chi connectivity index (χ1v) is 8.33. The Morgan fingerprint density at radius 1 is 1.35 bits per heavy atom. The number of H-pyrrole nitrogens is 1. The van der Waals surface area contributed by atoms with Crippen molar-refractivity contribution >= 4 is 5.91 Å². The predicted octanol–water partition coefficient (Wildman–Crippen LogP) is -0.0342. The van der Waals surface area contributed by atoms with E-state index in [9.17, 15) is 9.90 Å². The molecule has 2 atom stereocenters. The maximum atomic E-state index is 12.6. The molecule has 0 aromatic carbocycles. The van der Waals surface area contributed by atoms with E-state index in [1.54, 1.807) is 11.1 Å². The Hall–Kier alpha value is -1.44. The number of amides is 1. The van der Waals surface area contributed by atoms with Gasteiger partial charge < -0.3 is 24.8 Å². The van der Waals surface area contributed by atoms with Crippen molar-refractivity contribution < 1.29 is 9.90 Å². The highest BCUT2D eigenvalue weighted by Gasteiger charge is 2.36. The molecule has 1 aromatic heterocycles. The van der Waals surface area contributed by atoms with Gasteiger partial charge in [-0.05, 0) is 47.1 Å². The normalized spacial score (nSPS) is 27.1. The van der Waals surface area contributed by atoms with Crippen LogP contribution in [-0.2, 0) is 0 Å². The van der Waals surface area contributed by atoms with Crippen LogP contribution >= 0.6 is 0 Å². The number of carbonyl (C=O) groups excluding carboxylic acids is 1. The van der Waals surface area contributed by atoms with Crippen LogP contribution in [0.4, 0.5) is 0 Å². The molecule has 0 radical (unpaired) electrons. The molecule has 1 amide bonds. The largest absolute Gasteiger partial charge is 0.390 e. The Morgan fingerprint density at radius 3 is 2.65 bits per heavy atom. The lowest BCUT2D eigenvalue weighted by Crippen LogP contribution is -2.38. The van der Waals surface area contributed by atoms with Crippen molar-refractivity contribution in [3.05, 3.63) is 17.7 Å². The highest BCUT2D eigenvalue weighted by Crippen LogP contribution is 2.25. The van der Waals surface area contributed by atoms with Crippen molar-refractivity contribution in [3.63, 3.8) is 0 Å². The standard InChI is InChI=1S/C16H27N5O2/c1-19(2)13-9-21(10-14(13)22)16(23)12-8-17-15(18-12)11-4-6-20(3)7-5-11/h8,11,13-14,22H,4-7,9-10H2,1-3H3,(H,17,18)/t13-,14-/m0/s1. The van der Waals surface area contributed by atoms with E-state index < -0.39 is 6.10 Å². The number of aliphatic hydroxyl groups is 1. The van der Waals surface area contributed by atoms with E-state index in [1.807, 2.05) is 19.0 Å². The number of aromatic amines is 1. The van der Waals surface area contributed by atoms with Crippen LogP contribution in [0.5, 0.6) is 0 Å². The van der Waals surface area contributed by atoms with E-state index in [1.165, 1.54) is 0 Å². The summed E-state index contributed by atoms with van der Waals surface area (Å²) in [4.78, 5) is 26.3. The average Bonchev–Trinajstić information content (AvgIpc) is 3.14. The number of carbonyl (C=O) groups is 1. The minimum Gasteiger partial charge on any atom is -0.390 e. The van der Waals surface area contributed by atoms with Crippen molar-refractivity contribution in [2.75, 3.05) is 47.3 Å². The Kier molecular flexibility index (Phi) is 4.70. The van der Waals surface area contributed by atoms with Crippen molar-refractivity contribution in [2.45, 2.75) is 30.9 Å². The summed E-state index contributed by atoms with van der Waals surface area (Å²) in [6.07, 6.45) is 3.29. The molecule has 2 N–H and O–H groups in total. The molecule has 2 aliphatic rings. The summed E-state index contributed by atoms with van der Waals surface area (Å²) >= 11 is 0. The van der Waals surface area contributed by atoms with Gasteiger partial charge in [0.05, 0.1) is 18.3 Å². The van der Waals surface area contributed by atoms with Crippen molar-refractivity contribution in [3.8, 4) is 0 Å². The fraction of sp³-hybridized carbons (Fsp3) is 0.750. The third-order valence-electron chi connectivity index (χ3n) is 5.14. The second-order valence-electron chi connectivity index (χ2n) is 7.07. The zero-order chi connectivity index (χ0) is 16.6. The van der Waals surface area contributed by atoms with Crippen LogP contribution in [0.1, 0.15) is 35.1 Å². The molecular weight excluding hydrogens is 294 g/mol. The minimum atomic E-state index is -0.495. The fourth-order valence-electron chi connectivity index (χ4n) is 3.55. The number of likely N-dealkylation sites (N-methyl/N-ethyl adjacent to an activating group) is 1. The van der Waals surface area contributed by atoms with E-state index in [0.29, 0.717) is 24.7 Å². The van der Waals surface area contributed by atoms with E-state index in [0.717, 1.165) is 31.8 Å². The van der Waals surface area contributed by atoms with E-state index in [4.69, 9.17) is 0 Å². The fourth-order valence-corrected chi connectivity index (χ4v) is 3.55. The Balaban J connectivity index is 1.65. The van der Waals surface area contributed by atoms with Crippen LogP contribution in [0.25, 0.3) is 0 Å². The van der Waals surface area contributed by atoms with Gasteiger partial charge in [0.15, 0.2) is 0 Å². The number of aromatic nitrogens is 2. The predicted molar refractivity (Wildman–Crippen MR) is 87.4 cm³/mol. The molecule has 1 aromatic rings. The molecular formula is C16H27N5O2. The molecule has 7 heteroatoms. The second-order valence-corrected chi connectivity index (χ2v) is 7.07. The van der Waals surface area contributed by atoms with Gasteiger partial charge in [0.2, 0.25) is 0 Å². The summed E-state index contributed by atoms with van der Waals surface area (Å²) < 4.78 is 0. The molecule has 7 nitrogen and oxygen atoms in total. The lowest BCUT2D eigenvalue weighted by molar-refractivity contribution is 0.0758. The molecule has 3 heterocycles. The second kappa shape index (κ2) is 6.59. The number of nitrogens with zero attached hydrogens (tertiary/aromatic N) is 4. The molecule has 2 fully saturated rings. The number of hydrogen-bond acceptors (Lipinski definition) is 5. The van der Waals surface area contributed by atoms with Gasteiger partial charge in [-0.15, -0.1) is 0 Å². The van der Waals surface area contributed by atoms with Gasteiger partial charge in [0.1, 0.15) is 11.5 Å². The Morgan fingerprint density at radius 2 is 2.04 bits per heavy atom. The molecule has 0 bridgehead atoms. The van der Waals surface area contributed by atoms with Crippen LogP contribution in [0.15, 0.2) is 6.20 Å².